The molecule has 0 aliphatic carbocycles. The molecule has 3 aromatic rings. The third kappa shape index (κ3) is 3.39. The molecule has 4 rings (SSSR count). The number of pyridine rings is 2. The molecule has 1 amide bonds. The van der Waals surface area contributed by atoms with Gasteiger partial charge in [-0.2, -0.15) is 0 Å². The van der Waals surface area contributed by atoms with Gasteiger partial charge in [0.1, 0.15) is 5.82 Å². The van der Waals surface area contributed by atoms with Crippen molar-refractivity contribution in [2.75, 3.05) is 31.1 Å². The maximum absolute atomic E-state index is 12.7. The van der Waals surface area contributed by atoms with Crippen LogP contribution in [0.15, 0.2) is 60.2 Å². The van der Waals surface area contributed by atoms with Crippen molar-refractivity contribution in [1.29, 1.82) is 0 Å². The number of anilines is 1. The van der Waals surface area contributed by atoms with Crippen molar-refractivity contribution >= 4 is 23.1 Å². The van der Waals surface area contributed by atoms with E-state index in [2.05, 4.69) is 14.9 Å². The van der Waals surface area contributed by atoms with Crippen molar-refractivity contribution in [3.05, 3.63) is 65.8 Å². The molecular weight excluding hydrogens is 332 g/mol. The molecule has 6 heteroatoms. The zero-order valence-electron chi connectivity index (χ0n) is 13.7. The van der Waals surface area contributed by atoms with E-state index in [1.807, 2.05) is 52.7 Å². The Bertz CT molecular complexity index is 826. The highest BCUT2D eigenvalue weighted by atomic mass is 32.1. The normalized spacial score (nSPS) is 14.6. The largest absolute Gasteiger partial charge is 0.353 e. The molecule has 0 saturated carbocycles. The fraction of sp³-hybridized carbons (Fsp3) is 0.211. The Morgan fingerprint density at radius 1 is 0.960 bits per heavy atom. The molecule has 4 heterocycles. The summed E-state index contributed by atoms with van der Waals surface area (Å²) in [7, 11) is 0. The van der Waals surface area contributed by atoms with E-state index in [4.69, 9.17) is 0 Å². The minimum atomic E-state index is 0.0471. The van der Waals surface area contributed by atoms with Gasteiger partial charge in [-0.05, 0) is 35.7 Å². The number of thiophene rings is 1. The van der Waals surface area contributed by atoms with Crippen LogP contribution in [0, 0.1) is 0 Å². The van der Waals surface area contributed by atoms with E-state index in [9.17, 15) is 4.79 Å². The lowest BCUT2D eigenvalue weighted by molar-refractivity contribution is 0.0746. The van der Waals surface area contributed by atoms with Crippen LogP contribution >= 0.6 is 11.3 Å². The van der Waals surface area contributed by atoms with E-state index in [0.29, 0.717) is 18.7 Å². The molecule has 0 unspecified atom stereocenters. The van der Waals surface area contributed by atoms with Gasteiger partial charge in [-0.3, -0.25) is 9.78 Å². The lowest BCUT2D eigenvalue weighted by Crippen LogP contribution is -2.49. The van der Waals surface area contributed by atoms with E-state index >= 15 is 0 Å². The molecular formula is C19H18N4OS. The van der Waals surface area contributed by atoms with E-state index in [-0.39, 0.29) is 5.91 Å². The maximum Gasteiger partial charge on any atom is 0.255 e. The molecule has 0 N–H and O–H groups in total. The van der Waals surface area contributed by atoms with Gasteiger partial charge in [0.25, 0.3) is 5.91 Å². The topological polar surface area (TPSA) is 49.3 Å². The number of carbonyl (C=O) groups excluding carboxylic acids is 1. The van der Waals surface area contributed by atoms with Gasteiger partial charge in [-0.25, -0.2) is 4.98 Å². The average molecular weight is 350 g/mol. The summed E-state index contributed by atoms with van der Waals surface area (Å²) >= 11 is 1.65. The first-order valence-electron chi connectivity index (χ1n) is 8.26. The average Bonchev–Trinajstić information content (AvgIpc) is 3.23. The number of hydrogen-bond acceptors (Lipinski definition) is 5. The van der Waals surface area contributed by atoms with Gasteiger partial charge in [0.05, 0.1) is 16.1 Å². The number of carbonyl (C=O) groups is 1. The van der Waals surface area contributed by atoms with Gasteiger partial charge in [0.15, 0.2) is 0 Å². The van der Waals surface area contributed by atoms with Crippen LogP contribution in [0.2, 0.25) is 0 Å². The molecule has 1 aliphatic rings. The number of hydrogen-bond donors (Lipinski definition) is 0. The molecule has 126 valence electrons. The van der Waals surface area contributed by atoms with E-state index in [0.717, 1.165) is 29.5 Å². The van der Waals surface area contributed by atoms with Gasteiger partial charge in [-0.15, -0.1) is 11.3 Å². The summed E-state index contributed by atoms with van der Waals surface area (Å²) in [6, 6.07) is 13.7. The molecule has 0 bridgehead atoms. The summed E-state index contributed by atoms with van der Waals surface area (Å²) in [4.78, 5) is 26.7. The first kappa shape index (κ1) is 15.8. The molecule has 0 radical (unpaired) electrons. The molecule has 5 nitrogen and oxygen atoms in total. The molecule has 0 atom stereocenters. The molecule has 0 spiro atoms. The fourth-order valence-electron chi connectivity index (χ4n) is 2.95. The second kappa shape index (κ2) is 7.03. The summed E-state index contributed by atoms with van der Waals surface area (Å²) in [6.07, 6.45) is 3.48. The predicted molar refractivity (Wildman–Crippen MR) is 99.9 cm³/mol. The Balaban J connectivity index is 1.40. The second-order valence-corrected chi connectivity index (χ2v) is 6.82. The lowest BCUT2D eigenvalue weighted by Gasteiger charge is -2.35. The minimum Gasteiger partial charge on any atom is -0.353 e. The Kier molecular flexibility index (Phi) is 4.43. The van der Waals surface area contributed by atoms with Gasteiger partial charge < -0.3 is 9.80 Å². The zero-order valence-corrected chi connectivity index (χ0v) is 14.5. The summed E-state index contributed by atoms with van der Waals surface area (Å²) in [6.45, 7) is 2.98. The molecule has 1 fully saturated rings. The second-order valence-electron chi connectivity index (χ2n) is 5.88. The van der Waals surface area contributed by atoms with Crippen LogP contribution in [0.25, 0.3) is 10.6 Å². The first-order chi connectivity index (χ1) is 12.3. The van der Waals surface area contributed by atoms with Crippen LogP contribution in [0.4, 0.5) is 5.82 Å². The smallest absolute Gasteiger partial charge is 0.255 e. The summed E-state index contributed by atoms with van der Waals surface area (Å²) in [5.41, 5.74) is 1.55. The van der Waals surface area contributed by atoms with E-state index in [1.54, 1.807) is 23.7 Å². The number of aromatic nitrogens is 2. The SMILES string of the molecule is O=C(c1ccc(-c2cccs2)nc1)N1CCN(c2ccccn2)CC1. The van der Waals surface area contributed by atoms with Crippen LogP contribution in [0.5, 0.6) is 0 Å². The van der Waals surface area contributed by atoms with Crippen LogP contribution in [0.3, 0.4) is 0 Å². The summed E-state index contributed by atoms with van der Waals surface area (Å²) in [5.74, 6) is 1.02. The number of nitrogens with zero attached hydrogens (tertiary/aromatic N) is 4. The monoisotopic (exact) mass is 350 g/mol. The Morgan fingerprint density at radius 3 is 2.48 bits per heavy atom. The van der Waals surface area contributed by atoms with Crippen LogP contribution in [0.1, 0.15) is 10.4 Å². The van der Waals surface area contributed by atoms with Crippen molar-refractivity contribution in [2.24, 2.45) is 0 Å². The molecule has 3 aromatic heterocycles. The van der Waals surface area contributed by atoms with Crippen LogP contribution < -0.4 is 4.90 Å². The van der Waals surface area contributed by atoms with Crippen molar-refractivity contribution in [3.63, 3.8) is 0 Å². The quantitative estimate of drug-likeness (QED) is 0.728. The van der Waals surface area contributed by atoms with Crippen molar-refractivity contribution in [2.45, 2.75) is 0 Å². The van der Waals surface area contributed by atoms with E-state index < -0.39 is 0 Å². The lowest BCUT2D eigenvalue weighted by atomic mass is 10.2. The van der Waals surface area contributed by atoms with E-state index in [1.165, 1.54) is 0 Å². The minimum absolute atomic E-state index is 0.0471. The van der Waals surface area contributed by atoms with Crippen molar-refractivity contribution < 1.29 is 4.79 Å². The first-order valence-corrected chi connectivity index (χ1v) is 9.14. The molecule has 1 saturated heterocycles. The zero-order chi connectivity index (χ0) is 17.1. The van der Waals surface area contributed by atoms with Crippen molar-refractivity contribution in [3.8, 4) is 10.6 Å². The highest BCUT2D eigenvalue weighted by Gasteiger charge is 2.23. The fourth-order valence-corrected chi connectivity index (χ4v) is 3.65. The molecule has 1 aliphatic heterocycles. The Morgan fingerprint density at radius 2 is 1.84 bits per heavy atom. The third-order valence-electron chi connectivity index (χ3n) is 4.32. The standard InChI is InChI=1S/C19H18N4OS/c24-19(15-6-7-16(21-14-15)17-4-3-13-25-17)23-11-9-22(10-12-23)18-5-1-2-8-20-18/h1-8,13-14H,9-12H2. The number of amides is 1. The maximum atomic E-state index is 12.7. The molecule has 25 heavy (non-hydrogen) atoms. The van der Waals surface area contributed by atoms with Gasteiger partial charge >= 0.3 is 0 Å². The Hall–Kier alpha value is -2.73. The Labute approximate surface area is 150 Å². The number of piperazine rings is 1. The highest BCUT2D eigenvalue weighted by molar-refractivity contribution is 7.13. The van der Waals surface area contributed by atoms with Crippen LogP contribution in [-0.4, -0.2) is 47.0 Å². The summed E-state index contributed by atoms with van der Waals surface area (Å²) < 4.78 is 0. The number of rotatable bonds is 3. The van der Waals surface area contributed by atoms with Gasteiger partial charge in [0.2, 0.25) is 0 Å². The summed E-state index contributed by atoms with van der Waals surface area (Å²) in [5, 5.41) is 2.02. The van der Waals surface area contributed by atoms with Crippen molar-refractivity contribution in [1.82, 2.24) is 14.9 Å². The highest BCUT2D eigenvalue weighted by Crippen LogP contribution is 2.23. The van der Waals surface area contributed by atoms with Crippen LogP contribution in [-0.2, 0) is 0 Å². The molecule has 0 aromatic carbocycles. The van der Waals surface area contributed by atoms with Gasteiger partial charge in [0, 0.05) is 38.6 Å². The third-order valence-corrected chi connectivity index (χ3v) is 5.22. The van der Waals surface area contributed by atoms with Gasteiger partial charge in [-0.1, -0.05) is 12.1 Å². The predicted octanol–water partition coefficient (Wildman–Crippen LogP) is 3.17.